The minimum absolute atomic E-state index is 0.0281. The maximum absolute atomic E-state index is 12.1. The summed E-state index contributed by atoms with van der Waals surface area (Å²) in [4.78, 5) is 18.9. The first-order valence-corrected chi connectivity index (χ1v) is 9.92. The van der Waals surface area contributed by atoms with Crippen molar-refractivity contribution < 1.29 is 14.3 Å². The summed E-state index contributed by atoms with van der Waals surface area (Å²) >= 11 is 0. The minimum Gasteiger partial charge on any atom is -0.497 e. The SMILES string of the molecule is COc1ccc(OCCCC(=O)Nc2ccc(N3CCC(C)CC3)nc2)cc1. The molecule has 28 heavy (non-hydrogen) atoms. The van der Waals surface area contributed by atoms with Gasteiger partial charge in [0.05, 0.1) is 25.6 Å². The van der Waals surface area contributed by atoms with Crippen LogP contribution in [-0.2, 0) is 4.79 Å². The molecule has 0 atom stereocenters. The first-order chi connectivity index (χ1) is 13.6. The molecule has 0 unspecified atom stereocenters. The number of nitrogens with zero attached hydrogens (tertiary/aromatic N) is 2. The second-order valence-corrected chi connectivity index (χ2v) is 7.25. The average molecular weight is 383 g/mol. The third kappa shape index (κ3) is 5.87. The second kappa shape index (κ2) is 9.97. The smallest absolute Gasteiger partial charge is 0.224 e. The largest absolute Gasteiger partial charge is 0.497 e. The van der Waals surface area contributed by atoms with E-state index in [4.69, 9.17) is 9.47 Å². The molecule has 6 heteroatoms. The zero-order valence-corrected chi connectivity index (χ0v) is 16.7. The summed E-state index contributed by atoms with van der Waals surface area (Å²) in [6.45, 7) is 4.89. The van der Waals surface area contributed by atoms with Crippen molar-refractivity contribution in [2.45, 2.75) is 32.6 Å². The van der Waals surface area contributed by atoms with Crippen LogP contribution in [0.15, 0.2) is 42.6 Å². The van der Waals surface area contributed by atoms with Gasteiger partial charge in [-0.1, -0.05) is 6.92 Å². The second-order valence-electron chi connectivity index (χ2n) is 7.25. The maximum atomic E-state index is 12.1. The van der Waals surface area contributed by atoms with Crippen LogP contribution >= 0.6 is 0 Å². The normalized spacial score (nSPS) is 14.6. The highest BCUT2D eigenvalue weighted by atomic mass is 16.5. The standard InChI is InChI=1S/C22H29N3O3/c1-17-11-13-25(14-12-17)21-10-5-18(16-23-21)24-22(26)4-3-15-28-20-8-6-19(27-2)7-9-20/h5-10,16-17H,3-4,11-15H2,1-2H3,(H,24,26). The van der Waals surface area contributed by atoms with Gasteiger partial charge in [-0.15, -0.1) is 0 Å². The van der Waals surface area contributed by atoms with E-state index in [0.29, 0.717) is 19.4 Å². The predicted octanol–water partition coefficient (Wildman–Crippen LogP) is 4.12. The lowest BCUT2D eigenvalue weighted by molar-refractivity contribution is -0.116. The Hall–Kier alpha value is -2.76. The first-order valence-electron chi connectivity index (χ1n) is 9.92. The summed E-state index contributed by atoms with van der Waals surface area (Å²) in [6, 6.07) is 11.3. The van der Waals surface area contributed by atoms with E-state index >= 15 is 0 Å². The number of pyridine rings is 1. The number of nitrogens with one attached hydrogen (secondary N) is 1. The molecule has 6 nitrogen and oxygen atoms in total. The molecule has 1 N–H and O–H groups in total. The van der Waals surface area contributed by atoms with Crippen LogP contribution in [0.5, 0.6) is 11.5 Å². The van der Waals surface area contributed by atoms with Crippen molar-refractivity contribution in [3.63, 3.8) is 0 Å². The van der Waals surface area contributed by atoms with Gasteiger partial charge in [-0.3, -0.25) is 4.79 Å². The number of piperidine rings is 1. The fraction of sp³-hybridized carbons (Fsp3) is 0.455. The third-order valence-electron chi connectivity index (χ3n) is 5.02. The van der Waals surface area contributed by atoms with Crippen LogP contribution < -0.4 is 19.7 Å². The Morgan fingerprint density at radius 2 is 1.86 bits per heavy atom. The van der Waals surface area contributed by atoms with Gasteiger partial charge in [0.2, 0.25) is 5.91 Å². The van der Waals surface area contributed by atoms with Crippen LogP contribution in [0, 0.1) is 5.92 Å². The Morgan fingerprint density at radius 1 is 1.14 bits per heavy atom. The van der Waals surface area contributed by atoms with Crippen LogP contribution in [0.2, 0.25) is 0 Å². The lowest BCUT2D eigenvalue weighted by atomic mass is 9.99. The van der Waals surface area contributed by atoms with Crippen molar-refractivity contribution in [2.75, 3.05) is 37.0 Å². The number of carbonyl (C=O) groups is 1. The molecule has 0 bridgehead atoms. The summed E-state index contributed by atoms with van der Waals surface area (Å²) < 4.78 is 10.8. The molecule has 0 aliphatic carbocycles. The highest BCUT2D eigenvalue weighted by molar-refractivity contribution is 5.90. The minimum atomic E-state index is -0.0281. The molecule has 1 aliphatic heterocycles. The zero-order valence-electron chi connectivity index (χ0n) is 16.7. The van der Waals surface area contributed by atoms with E-state index in [1.165, 1.54) is 12.8 Å². The van der Waals surface area contributed by atoms with E-state index in [0.717, 1.165) is 42.0 Å². The van der Waals surface area contributed by atoms with Crippen molar-refractivity contribution in [2.24, 2.45) is 5.92 Å². The lowest BCUT2D eigenvalue weighted by Gasteiger charge is -2.31. The number of methoxy groups -OCH3 is 1. The molecule has 1 aromatic carbocycles. The molecule has 1 saturated heterocycles. The third-order valence-corrected chi connectivity index (χ3v) is 5.02. The van der Waals surface area contributed by atoms with Crippen molar-refractivity contribution >= 4 is 17.4 Å². The molecular weight excluding hydrogens is 354 g/mol. The molecule has 0 saturated carbocycles. The number of ether oxygens (including phenoxy) is 2. The predicted molar refractivity (Wildman–Crippen MR) is 111 cm³/mol. The van der Waals surface area contributed by atoms with Crippen LogP contribution in [0.1, 0.15) is 32.6 Å². The summed E-state index contributed by atoms with van der Waals surface area (Å²) in [5, 5.41) is 2.90. The Balaban J connectivity index is 1.37. The van der Waals surface area contributed by atoms with Gasteiger partial charge in [-0.2, -0.15) is 0 Å². The van der Waals surface area contributed by atoms with E-state index in [1.807, 2.05) is 36.4 Å². The van der Waals surface area contributed by atoms with E-state index in [-0.39, 0.29) is 5.91 Å². The number of carbonyl (C=O) groups excluding carboxylic acids is 1. The summed E-state index contributed by atoms with van der Waals surface area (Å²) in [7, 11) is 1.63. The summed E-state index contributed by atoms with van der Waals surface area (Å²) in [5.41, 5.74) is 0.732. The highest BCUT2D eigenvalue weighted by Crippen LogP contribution is 2.22. The number of anilines is 2. The van der Waals surface area contributed by atoms with Gasteiger partial charge in [0.25, 0.3) is 0 Å². The summed E-state index contributed by atoms with van der Waals surface area (Å²) in [6.07, 6.45) is 5.20. The van der Waals surface area contributed by atoms with Gasteiger partial charge in [-0.25, -0.2) is 4.98 Å². The van der Waals surface area contributed by atoms with E-state index in [2.05, 4.69) is 22.1 Å². The van der Waals surface area contributed by atoms with Crippen molar-refractivity contribution in [1.82, 2.24) is 4.98 Å². The van der Waals surface area contributed by atoms with Gasteiger partial charge in [0, 0.05) is 19.5 Å². The number of benzene rings is 1. The fourth-order valence-electron chi connectivity index (χ4n) is 3.20. The molecule has 1 amide bonds. The number of aromatic nitrogens is 1. The van der Waals surface area contributed by atoms with Crippen LogP contribution in [0.25, 0.3) is 0 Å². The van der Waals surface area contributed by atoms with Crippen LogP contribution in [0.3, 0.4) is 0 Å². The first kappa shape index (κ1) is 20.0. The molecule has 2 heterocycles. The molecule has 3 rings (SSSR count). The maximum Gasteiger partial charge on any atom is 0.224 e. The van der Waals surface area contributed by atoms with Crippen molar-refractivity contribution in [3.8, 4) is 11.5 Å². The number of amides is 1. The highest BCUT2D eigenvalue weighted by Gasteiger charge is 2.16. The van der Waals surface area contributed by atoms with Gasteiger partial charge in [0.15, 0.2) is 0 Å². The van der Waals surface area contributed by atoms with Gasteiger partial charge in [-0.05, 0) is 61.6 Å². The molecule has 0 radical (unpaired) electrons. The fourth-order valence-corrected chi connectivity index (χ4v) is 3.20. The average Bonchev–Trinajstić information content (AvgIpc) is 2.73. The lowest BCUT2D eigenvalue weighted by Crippen LogP contribution is -2.33. The van der Waals surface area contributed by atoms with Crippen LogP contribution in [0.4, 0.5) is 11.5 Å². The van der Waals surface area contributed by atoms with E-state index < -0.39 is 0 Å². The Morgan fingerprint density at radius 3 is 2.50 bits per heavy atom. The van der Waals surface area contributed by atoms with Crippen molar-refractivity contribution in [3.05, 3.63) is 42.6 Å². The van der Waals surface area contributed by atoms with Crippen LogP contribution in [-0.4, -0.2) is 37.7 Å². The van der Waals surface area contributed by atoms with E-state index in [9.17, 15) is 4.79 Å². The Kier molecular flexibility index (Phi) is 7.12. The molecule has 150 valence electrons. The topological polar surface area (TPSA) is 63.7 Å². The molecule has 1 aromatic heterocycles. The molecule has 0 spiro atoms. The molecule has 1 fully saturated rings. The Bertz CT molecular complexity index is 739. The van der Waals surface area contributed by atoms with Gasteiger partial charge < -0.3 is 19.7 Å². The van der Waals surface area contributed by atoms with E-state index in [1.54, 1.807) is 13.3 Å². The molecule has 1 aliphatic rings. The monoisotopic (exact) mass is 383 g/mol. The number of hydrogen-bond donors (Lipinski definition) is 1. The number of rotatable bonds is 8. The quantitative estimate of drug-likeness (QED) is 0.695. The Labute approximate surface area is 166 Å². The van der Waals surface area contributed by atoms with Gasteiger partial charge in [0.1, 0.15) is 17.3 Å². The van der Waals surface area contributed by atoms with Gasteiger partial charge >= 0.3 is 0 Å². The number of hydrogen-bond acceptors (Lipinski definition) is 5. The van der Waals surface area contributed by atoms with Crippen molar-refractivity contribution in [1.29, 1.82) is 0 Å². The molecule has 2 aromatic rings. The summed E-state index contributed by atoms with van der Waals surface area (Å²) in [5.74, 6) is 3.32. The zero-order chi connectivity index (χ0) is 19.8. The molecular formula is C22H29N3O3.